The van der Waals surface area contributed by atoms with Crippen LogP contribution in [0.1, 0.15) is 277 Å². The molecule has 0 bridgehead atoms. The molecule has 1 unspecified atom stereocenters. The highest BCUT2D eigenvalue weighted by atomic mass is 35.5. The molecular weight excluding hydrogens is 1900 g/mol. The van der Waals surface area contributed by atoms with Gasteiger partial charge in [0, 0.05) is 91.6 Å². The van der Waals surface area contributed by atoms with Crippen LogP contribution < -0.4 is 34.3 Å². The average molecular weight is 2050 g/mol. The van der Waals surface area contributed by atoms with E-state index in [2.05, 4.69) is 68.7 Å². The minimum atomic E-state index is -1.04. The van der Waals surface area contributed by atoms with E-state index in [9.17, 15) is 63.9 Å². The number of nitrogens with one attached hydrogen (secondary N) is 3. The molecule has 2 amide bonds. The van der Waals surface area contributed by atoms with Gasteiger partial charge in [-0.25, -0.2) is 0 Å². The lowest BCUT2D eigenvalue weighted by Crippen LogP contribution is -2.51. The zero-order chi connectivity index (χ0) is 107. The molecule has 0 saturated heterocycles. The molecule has 2 aliphatic rings. The summed E-state index contributed by atoms with van der Waals surface area (Å²) in [5.41, 5.74) is 10.0. The van der Waals surface area contributed by atoms with Gasteiger partial charge in [0.2, 0.25) is 5.91 Å². The highest BCUT2D eigenvalue weighted by Gasteiger charge is 2.50. The minimum absolute atomic E-state index is 0.0106. The smallest absolute Gasteiger partial charge is 0.264 e. The lowest BCUT2D eigenvalue weighted by atomic mass is 9.73. The molecule has 782 valence electrons. The van der Waals surface area contributed by atoms with E-state index < -0.39 is 21.8 Å². The van der Waals surface area contributed by atoms with Crippen LogP contribution in [0.3, 0.4) is 0 Å². The number of carbonyl (C=O) groups excluding carboxylic acids is 8. The SMILES string of the molecule is CC(Oc1ccc(Cl)cc1)(C(=O)NCC(=O)c1ccc(O)cc1)C1CC1.Cc1ccc(C)c(OCCCC(C)(C)C(=O)CC2CCC(C(=S)c3ccc(O)cc3)CC2)c1.Cc1ccc(C)c(OCCCC(C)(C)C(=O)CCC(=N)c2ccc(O)c(Cl)c2)c1.Cc1ccc(C)c(OCCCC(C)(C)C(=O)CCC(=O)c2cc(O)cc(O)c2)c1.Cc1ccc(C)c(OCCCC(C)(C)C(=O)NCC(=O)c2ccc(CO)cc2)c1. The molecule has 0 aromatic heterocycles. The first kappa shape index (κ1) is 119. The molecule has 146 heavy (non-hydrogen) atoms. The second kappa shape index (κ2) is 56.4. The number of aryl methyl sites for hydroxylation is 8. The Morgan fingerprint density at radius 3 is 1.16 bits per heavy atom. The van der Waals surface area contributed by atoms with E-state index in [0.29, 0.717) is 109 Å². The van der Waals surface area contributed by atoms with Gasteiger partial charge < -0.3 is 70.4 Å². The number of Topliss-reactive ketones (excluding diaryl/α,β-unsaturated/α-hetero) is 6. The highest BCUT2D eigenvalue weighted by molar-refractivity contribution is 7.80. The van der Waals surface area contributed by atoms with E-state index >= 15 is 0 Å². The molecule has 0 spiro atoms. The van der Waals surface area contributed by atoms with Gasteiger partial charge in [0.15, 0.2) is 23.0 Å². The number of aliphatic hydroxyl groups is 1. The van der Waals surface area contributed by atoms with Crippen molar-refractivity contribution in [3.05, 3.63) is 294 Å². The minimum Gasteiger partial charge on any atom is -0.508 e. The fraction of sp³-hybridized carbons (Fsp3) is 0.421. The van der Waals surface area contributed by atoms with Gasteiger partial charge in [0.05, 0.1) is 51.1 Å². The predicted octanol–water partition coefficient (Wildman–Crippen LogP) is 26.3. The largest absolute Gasteiger partial charge is 0.508 e. The van der Waals surface area contributed by atoms with Crippen LogP contribution in [-0.4, -0.2) is 133 Å². The van der Waals surface area contributed by atoms with Crippen LogP contribution >= 0.6 is 35.4 Å². The first-order valence-electron chi connectivity index (χ1n) is 50.4. The van der Waals surface area contributed by atoms with Crippen LogP contribution in [0.15, 0.2) is 206 Å². The Hall–Kier alpha value is -12.5. The maximum Gasteiger partial charge on any atom is 0.264 e. The number of aliphatic hydroxyl groups excluding tert-OH is 1. The first-order valence-corrected chi connectivity index (χ1v) is 51.5. The molecule has 10 aromatic carbocycles. The van der Waals surface area contributed by atoms with Gasteiger partial charge >= 0.3 is 0 Å². The van der Waals surface area contributed by atoms with Crippen LogP contribution in [-0.2, 0) is 30.6 Å². The number of aromatic hydroxyl groups is 5. The summed E-state index contributed by atoms with van der Waals surface area (Å²) in [5.74, 6) is 4.50. The molecule has 2 aliphatic carbocycles. The molecular formula is C121H149Cl2N3O19S. The second-order valence-electron chi connectivity index (χ2n) is 41.4. The van der Waals surface area contributed by atoms with Gasteiger partial charge in [-0.2, -0.15) is 0 Å². The Balaban J connectivity index is 0.000000223. The lowest BCUT2D eigenvalue weighted by molar-refractivity contribution is -0.137. The van der Waals surface area contributed by atoms with Crippen molar-refractivity contribution in [3.63, 3.8) is 0 Å². The molecule has 2 saturated carbocycles. The predicted molar refractivity (Wildman–Crippen MR) is 583 cm³/mol. The Morgan fingerprint density at radius 2 is 0.760 bits per heavy atom. The number of benzene rings is 10. The number of hydrogen-bond acceptors (Lipinski definition) is 21. The third kappa shape index (κ3) is 38.7. The number of hydrogen-bond donors (Lipinski definition) is 9. The molecule has 10 aromatic rings. The van der Waals surface area contributed by atoms with Crippen molar-refractivity contribution in [2.24, 2.45) is 39.4 Å². The Bertz CT molecular complexity index is 6060. The number of amides is 2. The van der Waals surface area contributed by atoms with Gasteiger partial charge in [0.1, 0.15) is 74.8 Å². The molecule has 22 nitrogen and oxygen atoms in total. The van der Waals surface area contributed by atoms with E-state index in [0.717, 1.165) is 155 Å². The van der Waals surface area contributed by atoms with E-state index in [1.54, 1.807) is 79.7 Å². The Kier molecular flexibility index (Phi) is 45.9. The van der Waals surface area contributed by atoms with Crippen LogP contribution in [0.2, 0.25) is 10.0 Å². The number of thiocarbonyl (C=S) groups is 1. The molecule has 0 heterocycles. The van der Waals surface area contributed by atoms with Crippen molar-refractivity contribution >= 4 is 92.5 Å². The van der Waals surface area contributed by atoms with Gasteiger partial charge in [0.25, 0.3) is 5.91 Å². The maximum atomic E-state index is 13.1. The van der Waals surface area contributed by atoms with E-state index in [1.807, 2.05) is 138 Å². The standard InChI is InChI=1S/C29H38O3S.C24H30ClNO3.C24H31NO4.C24H30O5.C20H20ClNO4/c1-20-6-7-21(2)26(18-20)32-17-5-16-29(3,4)27(31)19-22-8-10-23(11-9-22)28(33)24-12-14-25(30)15-13-24;1-16-6-7-17(2)22(14-16)29-13-5-12-24(3,4)23(28)11-9-20(26)18-8-10-21(27)19(25)15-18;1-17-6-7-18(2)22(14-17)29-13-5-12-24(3,4)23(28)25-15-21(27)20-10-8-19(16-26)9-11-20;1-16-6-7-17(2)22(12-16)29-11-5-10-24(3,4)23(28)9-8-21(27)18-13-19(25)15-20(26)14-18;1-20(14-4-5-14,26-17-10-6-15(21)7-11-17)19(25)22-12-18(24)13-2-8-16(23)9-3-13/h6-7,12-15,18,22-23,30H,5,8-11,16-17,19H2,1-4H3;6-8,10,14-15,26-27H,5,9,11-13H2,1-4H3;6-11,14,26H,5,12-13,15-16H2,1-4H3,(H,25,28);6-7,12-15,25-26H,5,8-11H2,1-4H3;2-3,6-11,14,23H,4-5,12H2,1H3,(H,22,25). The number of ketones is 6. The zero-order valence-corrected chi connectivity index (χ0v) is 90.2. The number of ether oxygens (including phenoxy) is 5. The van der Waals surface area contributed by atoms with Crippen molar-refractivity contribution in [3.8, 4) is 57.5 Å². The molecule has 12 rings (SSSR count). The molecule has 1 atom stereocenters. The summed E-state index contributed by atoms with van der Waals surface area (Å²) in [7, 11) is 0. The Labute approximate surface area is 878 Å². The van der Waals surface area contributed by atoms with E-state index in [4.69, 9.17) is 69.6 Å². The summed E-state index contributed by atoms with van der Waals surface area (Å²) < 4.78 is 29.6. The summed E-state index contributed by atoms with van der Waals surface area (Å²) >= 11 is 17.5. The van der Waals surface area contributed by atoms with E-state index in [-0.39, 0.29) is 124 Å². The van der Waals surface area contributed by atoms with Crippen LogP contribution in [0.5, 0.6) is 57.5 Å². The number of phenolic OH excluding ortho intramolecular Hbond substituents is 5. The molecule has 25 heteroatoms. The van der Waals surface area contributed by atoms with Gasteiger partial charge in [-0.1, -0.05) is 176 Å². The van der Waals surface area contributed by atoms with E-state index in [1.165, 1.54) is 53.6 Å². The third-order valence-electron chi connectivity index (χ3n) is 27.0. The summed E-state index contributed by atoms with van der Waals surface area (Å²) in [4.78, 5) is 101. The van der Waals surface area contributed by atoms with Crippen molar-refractivity contribution in [2.45, 2.75) is 252 Å². The van der Waals surface area contributed by atoms with Gasteiger partial charge in [-0.05, 0) is 347 Å². The van der Waals surface area contributed by atoms with Crippen LogP contribution in [0.4, 0.5) is 0 Å². The average Bonchev–Trinajstić information content (AvgIpc) is 1.63. The summed E-state index contributed by atoms with van der Waals surface area (Å²) in [6.07, 6.45) is 13.5. The lowest BCUT2D eigenvalue weighted by Gasteiger charge is -2.31. The topological polar surface area (TPSA) is 352 Å². The van der Waals surface area contributed by atoms with Gasteiger partial charge in [-0.15, -0.1) is 0 Å². The van der Waals surface area contributed by atoms with Crippen molar-refractivity contribution in [2.75, 3.05) is 39.5 Å². The zero-order valence-electron chi connectivity index (χ0n) is 87.9. The summed E-state index contributed by atoms with van der Waals surface area (Å²) in [6.45, 7) is 35.7. The molecule has 0 aliphatic heterocycles. The fourth-order valence-electron chi connectivity index (χ4n) is 16.8. The first-order chi connectivity index (χ1) is 68.9. The number of halogens is 2. The van der Waals surface area contributed by atoms with Crippen LogP contribution in [0, 0.1) is 100 Å². The highest BCUT2D eigenvalue weighted by Crippen LogP contribution is 2.44. The van der Waals surface area contributed by atoms with Crippen molar-refractivity contribution in [1.82, 2.24) is 10.6 Å². The normalized spacial score (nSPS) is 13.8. The molecule has 2 fully saturated rings. The number of phenols is 5. The number of rotatable bonds is 47. The van der Waals surface area contributed by atoms with Crippen LogP contribution in [0.25, 0.3) is 0 Å². The van der Waals surface area contributed by atoms with Gasteiger partial charge in [-0.3, -0.25) is 38.4 Å². The fourth-order valence-corrected chi connectivity index (χ4v) is 17.4. The number of carbonyl (C=O) groups is 8. The summed E-state index contributed by atoms with van der Waals surface area (Å²) in [6, 6.07) is 59.7. The summed E-state index contributed by atoms with van der Waals surface area (Å²) in [5, 5.41) is 70.7. The van der Waals surface area contributed by atoms with Crippen molar-refractivity contribution < 1.29 is 92.7 Å². The monoisotopic (exact) mass is 2050 g/mol. The van der Waals surface area contributed by atoms with Crippen molar-refractivity contribution in [1.29, 1.82) is 5.41 Å². The quantitative estimate of drug-likeness (QED) is 0.00740. The molecule has 9 N–H and O–H groups in total. The molecule has 0 radical (unpaired) electrons. The Morgan fingerprint density at radius 1 is 0.384 bits per heavy atom. The maximum absolute atomic E-state index is 13.1. The third-order valence-corrected chi connectivity index (χ3v) is 28.2. The second-order valence-corrected chi connectivity index (χ2v) is 42.7.